The Morgan fingerprint density at radius 2 is 1.79 bits per heavy atom. The monoisotopic (exact) mass is 391 g/mol. The summed E-state index contributed by atoms with van der Waals surface area (Å²) >= 11 is 0. The van der Waals surface area contributed by atoms with E-state index in [4.69, 9.17) is 9.84 Å². The molecule has 0 aliphatic heterocycles. The third-order valence-corrected chi connectivity index (χ3v) is 5.30. The summed E-state index contributed by atoms with van der Waals surface area (Å²) < 4.78 is 8.28. The molecular weight excluding hydrogens is 362 g/mol. The average molecular weight is 392 g/mol. The number of aryl methyl sites for hydroxylation is 2. The lowest BCUT2D eigenvalue weighted by molar-refractivity contribution is 0.117. The maximum atomic E-state index is 9.97. The second-order valence-electron chi connectivity index (χ2n) is 8.04. The Morgan fingerprint density at radius 3 is 2.41 bits per heavy atom. The van der Waals surface area contributed by atoms with Gasteiger partial charge in [-0.05, 0) is 57.9 Å². The summed E-state index contributed by atoms with van der Waals surface area (Å²) in [5, 5.41) is 14.8. The van der Waals surface area contributed by atoms with E-state index in [9.17, 15) is 5.11 Å². The van der Waals surface area contributed by atoms with E-state index in [1.54, 1.807) is 0 Å². The van der Waals surface area contributed by atoms with Crippen molar-refractivity contribution in [2.45, 2.75) is 52.3 Å². The van der Waals surface area contributed by atoms with Gasteiger partial charge in [0.15, 0.2) is 0 Å². The number of nitrogens with zero attached hydrogens (tertiary/aromatic N) is 3. The SMILES string of the molecule is Cc1ccc(Oc2c(CN(C[C@H](C)O)C3CC3)c(C)nn2-c2ccccc2)cc1. The maximum absolute atomic E-state index is 9.97. The molecule has 5 heteroatoms. The number of ether oxygens (including phenoxy) is 1. The summed E-state index contributed by atoms with van der Waals surface area (Å²) in [6.07, 6.45) is 2.01. The molecule has 1 aliphatic rings. The second-order valence-corrected chi connectivity index (χ2v) is 8.04. The Bertz CT molecular complexity index is 944. The summed E-state index contributed by atoms with van der Waals surface area (Å²) in [4.78, 5) is 2.35. The lowest BCUT2D eigenvalue weighted by Crippen LogP contribution is -2.32. The molecule has 2 aromatic carbocycles. The van der Waals surface area contributed by atoms with Crippen LogP contribution in [-0.2, 0) is 6.54 Å². The van der Waals surface area contributed by atoms with E-state index in [-0.39, 0.29) is 6.10 Å². The topological polar surface area (TPSA) is 50.5 Å². The van der Waals surface area contributed by atoms with Gasteiger partial charge in [0.1, 0.15) is 5.75 Å². The zero-order chi connectivity index (χ0) is 20.4. The van der Waals surface area contributed by atoms with Gasteiger partial charge in [-0.1, -0.05) is 35.9 Å². The molecule has 1 N–H and O–H groups in total. The molecule has 3 aromatic rings. The molecule has 5 nitrogen and oxygen atoms in total. The van der Waals surface area contributed by atoms with Crippen molar-refractivity contribution in [2.75, 3.05) is 6.54 Å². The molecule has 0 unspecified atom stereocenters. The number of aliphatic hydroxyl groups is 1. The number of benzene rings is 2. The van der Waals surface area contributed by atoms with E-state index in [1.165, 1.54) is 18.4 Å². The zero-order valence-electron chi connectivity index (χ0n) is 17.4. The van der Waals surface area contributed by atoms with Crippen LogP contribution < -0.4 is 4.74 Å². The van der Waals surface area contributed by atoms with Gasteiger partial charge in [0.2, 0.25) is 5.88 Å². The van der Waals surface area contributed by atoms with Gasteiger partial charge in [-0.2, -0.15) is 5.10 Å². The van der Waals surface area contributed by atoms with Crippen LogP contribution in [0.25, 0.3) is 5.69 Å². The quantitative estimate of drug-likeness (QED) is 0.608. The van der Waals surface area contributed by atoms with Gasteiger partial charge >= 0.3 is 0 Å². The number of rotatable bonds is 8. The summed E-state index contributed by atoms with van der Waals surface area (Å²) in [5.41, 5.74) is 4.19. The molecule has 1 aromatic heterocycles. The van der Waals surface area contributed by atoms with Gasteiger partial charge in [-0.15, -0.1) is 0 Å². The number of hydrogen-bond acceptors (Lipinski definition) is 4. The molecule has 0 saturated heterocycles. The third-order valence-electron chi connectivity index (χ3n) is 5.30. The molecular formula is C24H29N3O2. The summed E-state index contributed by atoms with van der Waals surface area (Å²) in [5.74, 6) is 1.54. The van der Waals surface area contributed by atoms with Crippen molar-refractivity contribution in [3.63, 3.8) is 0 Å². The molecule has 0 bridgehead atoms. The van der Waals surface area contributed by atoms with Crippen LogP contribution in [0.4, 0.5) is 0 Å². The Kier molecular flexibility index (Phi) is 5.69. The molecule has 1 aliphatic carbocycles. The largest absolute Gasteiger partial charge is 0.439 e. The minimum absolute atomic E-state index is 0.360. The fraction of sp³-hybridized carbons (Fsp3) is 0.375. The normalized spacial score (nSPS) is 14.9. The first-order valence-electron chi connectivity index (χ1n) is 10.3. The summed E-state index contributed by atoms with van der Waals surface area (Å²) in [6.45, 7) is 7.32. The predicted octanol–water partition coefficient (Wildman–Crippen LogP) is 4.63. The van der Waals surface area contributed by atoms with Crippen LogP contribution in [0.1, 0.15) is 36.6 Å². The van der Waals surface area contributed by atoms with Gasteiger partial charge in [-0.25, -0.2) is 4.68 Å². The molecule has 1 heterocycles. The van der Waals surface area contributed by atoms with Crippen LogP contribution in [0.2, 0.25) is 0 Å². The molecule has 152 valence electrons. The second kappa shape index (κ2) is 8.39. The standard InChI is InChI=1S/C24H29N3O2/c1-17-9-13-22(14-10-17)29-24-23(16-26(15-18(2)28)20-11-12-20)19(3)25-27(24)21-7-5-4-6-8-21/h4-10,13-14,18,20,28H,11-12,15-16H2,1-3H3/t18-/m0/s1. The van der Waals surface area contributed by atoms with Crippen molar-refractivity contribution in [2.24, 2.45) is 0 Å². The molecule has 0 amide bonds. The molecule has 29 heavy (non-hydrogen) atoms. The highest BCUT2D eigenvalue weighted by Gasteiger charge is 2.32. The number of aliphatic hydroxyl groups excluding tert-OH is 1. The Balaban J connectivity index is 1.73. The summed E-state index contributed by atoms with van der Waals surface area (Å²) in [7, 11) is 0. The Morgan fingerprint density at radius 1 is 1.10 bits per heavy atom. The van der Waals surface area contributed by atoms with E-state index < -0.39 is 0 Å². The van der Waals surface area contributed by atoms with Crippen LogP contribution in [0, 0.1) is 13.8 Å². The molecule has 1 atom stereocenters. The average Bonchev–Trinajstić information content (AvgIpc) is 3.51. The first kappa shape index (κ1) is 19.7. The Labute approximate surface area is 172 Å². The number of aromatic nitrogens is 2. The molecule has 0 spiro atoms. The van der Waals surface area contributed by atoms with E-state index in [1.807, 2.05) is 61.0 Å². The van der Waals surface area contributed by atoms with Crippen LogP contribution >= 0.6 is 0 Å². The number of para-hydroxylation sites is 1. The molecule has 0 radical (unpaired) electrons. The van der Waals surface area contributed by atoms with Gasteiger partial charge < -0.3 is 9.84 Å². The highest BCUT2D eigenvalue weighted by atomic mass is 16.5. The van der Waals surface area contributed by atoms with Crippen LogP contribution in [-0.4, -0.2) is 38.5 Å². The van der Waals surface area contributed by atoms with Gasteiger partial charge in [0.05, 0.1) is 23.0 Å². The molecule has 1 fully saturated rings. The van der Waals surface area contributed by atoms with Gasteiger partial charge in [-0.3, -0.25) is 4.90 Å². The van der Waals surface area contributed by atoms with Crippen molar-refractivity contribution in [3.05, 3.63) is 71.4 Å². The lowest BCUT2D eigenvalue weighted by atomic mass is 10.2. The Hall–Kier alpha value is -2.63. The van der Waals surface area contributed by atoms with Crippen LogP contribution in [0.3, 0.4) is 0 Å². The van der Waals surface area contributed by atoms with Crippen LogP contribution in [0.5, 0.6) is 11.6 Å². The zero-order valence-corrected chi connectivity index (χ0v) is 17.4. The van der Waals surface area contributed by atoms with E-state index >= 15 is 0 Å². The van der Waals surface area contributed by atoms with Crippen molar-refractivity contribution in [1.82, 2.24) is 14.7 Å². The van der Waals surface area contributed by atoms with Gasteiger partial charge in [0.25, 0.3) is 0 Å². The minimum Gasteiger partial charge on any atom is -0.439 e. The van der Waals surface area contributed by atoms with E-state index in [2.05, 4.69) is 24.0 Å². The first-order chi connectivity index (χ1) is 14.0. The van der Waals surface area contributed by atoms with Crippen molar-refractivity contribution >= 4 is 0 Å². The first-order valence-corrected chi connectivity index (χ1v) is 10.3. The van der Waals surface area contributed by atoms with Crippen LogP contribution in [0.15, 0.2) is 54.6 Å². The molecule has 4 rings (SSSR count). The fourth-order valence-corrected chi connectivity index (χ4v) is 3.61. The molecule has 1 saturated carbocycles. The lowest BCUT2D eigenvalue weighted by Gasteiger charge is -2.24. The minimum atomic E-state index is -0.360. The van der Waals surface area contributed by atoms with Gasteiger partial charge in [0, 0.05) is 19.1 Å². The smallest absolute Gasteiger partial charge is 0.227 e. The predicted molar refractivity (Wildman–Crippen MR) is 115 cm³/mol. The highest BCUT2D eigenvalue weighted by Crippen LogP contribution is 2.35. The van der Waals surface area contributed by atoms with Crippen molar-refractivity contribution in [3.8, 4) is 17.3 Å². The maximum Gasteiger partial charge on any atom is 0.227 e. The van der Waals surface area contributed by atoms with Crippen molar-refractivity contribution < 1.29 is 9.84 Å². The van der Waals surface area contributed by atoms with Crippen molar-refractivity contribution in [1.29, 1.82) is 0 Å². The fourth-order valence-electron chi connectivity index (χ4n) is 3.61. The number of hydrogen-bond donors (Lipinski definition) is 1. The van der Waals surface area contributed by atoms with E-state index in [0.717, 1.165) is 35.1 Å². The highest BCUT2D eigenvalue weighted by molar-refractivity contribution is 5.43. The van der Waals surface area contributed by atoms with E-state index in [0.29, 0.717) is 12.6 Å². The summed E-state index contributed by atoms with van der Waals surface area (Å²) in [6, 6.07) is 18.7. The third kappa shape index (κ3) is 4.69.